The van der Waals surface area contributed by atoms with Crippen LogP contribution in [0.2, 0.25) is 5.02 Å². The van der Waals surface area contributed by atoms with E-state index in [9.17, 15) is 5.11 Å². The molecule has 0 saturated heterocycles. The third-order valence-electron chi connectivity index (χ3n) is 5.46. The molecular weight excluding hydrogens is 396 g/mol. The molecule has 0 bridgehead atoms. The van der Waals surface area contributed by atoms with E-state index >= 15 is 0 Å². The van der Waals surface area contributed by atoms with Crippen molar-refractivity contribution in [3.8, 4) is 22.6 Å². The largest absolute Gasteiger partial charge is 0.504 e. The molecule has 0 radical (unpaired) electrons. The second-order valence-electron chi connectivity index (χ2n) is 7.55. The van der Waals surface area contributed by atoms with Gasteiger partial charge in [0.2, 0.25) is 0 Å². The molecular formula is C25H21ClN2O2. The van der Waals surface area contributed by atoms with Crippen molar-refractivity contribution in [3.05, 3.63) is 89.1 Å². The smallest absolute Gasteiger partial charge is 0.165 e. The number of fused-ring (bicyclic) bond motifs is 2. The summed E-state index contributed by atoms with van der Waals surface area (Å²) < 4.78 is 5.92. The van der Waals surface area contributed by atoms with E-state index in [0.29, 0.717) is 23.9 Å². The van der Waals surface area contributed by atoms with Crippen molar-refractivity contribution in [1.29, 1.82) is 0 Å². The van der Waals surface area contributed by atoms with E-state index in [1.54, 1.807) is 6.07 Å². The maximum absolute atomic E-state index is 10.6. The van der Waals surface area contributed by atoms with Crippen LogP contribution in [-0.4, -0.2) is 28.1 Å². The average Bonchev–Trinajstić information content (AvgIpc) is 2.96. The molecule has 30 heavy (non-hydrogen) atoms. The molecule has 1 N–H and O–H groups in total. The van der Waals surface area contributed by atoms with E-state index in [4.69, 9.17) is 16.3 Å². The van der Waals surface area contributed by atoms with Gasteiger partial charge >= 0.3 is 0 Å². The first-order chi connectivity index (χ1) is 14.7. The van der Waals surface area contributed by atoms with Gasteiger partial charge in [-0.05, 0) is 47.0 Å². The molecule has 0 atom stereocenters. The molecule has 5 heteroatoms. The summed E-state index contributed by atoms with van der Waals surface area (Å²) >= 11 is 6.16. The molecule has 1 aliphatic heterocycles. The van der Waals surface area contributed by atoms with Crippen LogP contribution in [0, 0.1) is 0 Å². The number of phenolic OH excluding ortho intramolecular Hbond substituents is 1. The van der Waals surface area contributed by atoms with Crippen LogP contribution in [0.15, 0.2) is 72.9 Å². The Hall–Kier alpha value is -3.08. The SMILES string of the molecule is Oc1cc(-c2cccc(Cl)c2)cc2c1OCCN(Cc1cccc3cccnc13)C2. The highest BCUT2D eigenvalue weighted by Gasteiger charge is 2.20. The Labute approximate surface area is 180 Å². The number of nitrogens with zero attached hydrogens (tertiary/aromatic N) is 2. The topological polar surface area (TPSA) is 45.6 Å². The molecule has 0 unspecified atom stereocenters. The summed E-state index contributed by atoms with van der Waals surface area (Å²) in [5.74, 6) is 0.732. The van der Waals surface area contributed by atoms with Crippen LogP contribution in [0.5, 0.6) is 11.5 Å². The standard InChI is InChI=1S/C25H21ClN2O2/c26-22-8-2-5-18(13-22)20-12-21-16-28(10-11-30-25(21)23(29)14-20)15-19-6-1-4-17-7-3-9-27-24(17)19/h1-9,12-14,29H,10-11,15-16H2. The van der Waals surface area contributed by atoms with Gasteiger partial charge in [0.25, 0.3) is 0 Å². The van der Waals surface area contributed by atoms with Gasteiger partial charge in [0, 0.05) is 41.8 Å². The van der Waals surface area contributed by atoms with Crippen LogP contribution in [0.4, 0.5) is 0 Å². The van der Waals surface area contributed by atoms with Gasteiger partial charge in [-0.3, -0.25) is 9.88 Å². The highest BCUT2D eigenvalue weighted by Crippen LogP contribution is 2.38. The summed E-state index contributed by atoms with van der Waals surface area (Å²) in [5.41, 5.74) is 5.07. The Morgan fingerprint density at radius 3 is 2.77 bits per heavy atom. The maximum Gasteiger partial charge on any atom is 0.165 e. The quantitative estimate of drug-likeness (QED) is 0.468. The summed E-state index contributed by atoms with van der Waals surface area (Å²) in [6.07, 6.45) is 1.84. The molecule has 1 aromatic heterocycles. The molecule has 0 amide bonds. The minimum absolute atomic E-state index is 0.163. The normalized spacial score (nSPS) is 14.2. The Kier molecular flexibility index (Phi) is 5.03. The van der Waals surface area contributed by atoms with E-state index < -0.39 is 0 Å². The summed E-state index contributed by atoms with van der Waals surface area (Å²) in [6, 6.07) is 21.8. The van der Waals surface area contributed by atoms with E-state index in [0.717, 1.165) is 40.7 Å². The predicted molar refractivity (Wildman–Crippen MR) is 120 cm³/mol. The average molecular weight is 417 g/mol. The fraction of sp³-hybridized carbons (Fsp3) is 0.160. The second-order valence-corrected chi connectivity index (χ2v) is 7.98. The van der Waals surface area contributed by atoms with Crippen molar-refractivity contribution in [2.75, 3.05) is 13.2 Å². The lowest BCUT2D eigenvalue weighted by Crippen LogP contribution is -2.25. The monoisotopic (exact) mass is 416 g/mol. The van der Waals surface area contributed by atoms with Gasteiger partial charge < -0.3 is 9.84 Å². The number of halogens is 1. The number of rotatable bonds is 3. The molecule has 2 heterocycles. The van der Waals surface area contributed by atoms with Crippen molar-refractivity contribution in [3.63, 3.8) is 0 Å². The number of hydrogen-bond donors (Lipinski definition) is 1. The number of aromatic nitrogens is 1. The highest BCUT2D eigenvalue weighted by atomic mass is 35.5. The number of para-hydroxylation sites is 1. The predicted octanol–water partition coefficient (Wildman–Crippen LogP) is 5.66. The van der Waals surface area contributed by atoms with Crippen molar-refractivity contribution in [2.45, 2.75) is 13.1 Å². The summed E-state index contributed by atoms with van der Waals surface area (Å²) in [5, 5.41) is 12.4. The van der Waals surface area contributed by atoms with Crippen molar-refractivity contribution >= 4 is 22.5 Å². The Morgan fingerprint density at radius 2 is 1.87 bits per heavy atom. The van der Waals surface area contributed by atoms with Crippen LogP contribution < -0.4 is 4.74 Å². The maximum atomic E-state index is 10.6. The van der Waals surface area contributed by atoms with Gasteiger partial charge in [-0.25, -0.2) is 0 Å². The lowest BCUT2D eigenvalue weighted by atomic mass is 10.0. The van der Waals surface area contributed by atoms with Crippen LogP contribution in [0.3, 0.4) is 0 Å². The van der Waals surface area contributed by atoms with Crippen molar-refractivity contribution in [1.82, 2.24) is 9.88 Å². The summed E-state index contributed by atoms with van der Waals surface area (Å²) in [6.45, 7) is 2.74. The van der Waals surface area contributed by atoms with Gasteiger partial charge in [-0.15, -0.1) is 0 Å². The molecule has 5 rings (SSSR count). The molecule has 4 nitrogen and oxygen atoms in total. The van der Waals surface area contributed by atoms with Crippen LogP contribution in [0.25, 0.3) is 22.0 Å². The Bertz CT molecular complexity index is 1220. The molecule has 150 valence electrons. The van der Waals surface area contributed by atoms with Gasteiger partial charge in [-0.1, -0.05) is 48.0 Å². The summed E-state index contributed by atoms with van der Waals surface area (Å²) in [7, 11) is 0. The van der Waals surface area contributed by atoms with Crippen LogP contribution in [0.1, 0.15) is 11.1 Å². The van der Waals surface area contributed by atoms with Crippen molar-refractivity contribution in [2.24, 2.45) is 0 Å². The lowest BCUT2D eigenvalue weighted by Gasteiger charge is -2.20. The zero-order valence-electron chi connectivity index (χ0n) is 16.4. The van der Waals surface area contributed by atoms with E-state index in [1.165, 1.54) is 5.56 Å². The number of benzene rings is 3. The lowest BCUT2D eigenvalue weighted by molar-refractivity contribution is 0.217. The zero-order valence-corrected chi connectivity index (χ0v) is 17.1. The highest BCUT2D eigenvalue weighted by molar-refractivity contribution is 6.30. The van der Waals surface area contributed by atoms with Crippen molar-refractivity contribution < 1.29 is 9.84 Å². The van der Waals surface area contributed by atoms with Gasteiger partial charge in [0.15, 0.2) is 11.5 Å². The second kappa shape index (κ2) is 7.98. The number of hydrogen-bond acceptors (Lipinski definition) is 4. The summed E-state index contributed by atoms with van der Waals surface area (Å²) in [4.78, 5) is 6.91. The van der Waals surface area contributed by atoms with Crippen LogP contribution in [-0.2, 0) is 13.1 Å². The van der Waals surface area contributed by atoms with Gasteiger partial charge in [-0.2, -0.15) is 0 Å². The first kappa shape index (κ1) is 18.9. The number of ether oxygens (including phenoxy) is 1. The molecule has 4 aromatic rings. The number of pyridine rings is 1. The molecule has 0 saturated carbocycles. The Balaban J connectivity index is 1.48. The van der Waals surface area contributed by atoms with E-state index in [1.807, 2.05) is 36.5 Å². The number of aromatic hydroxyl groups is 1. The van der Waals surface area contributed by atoms with Gasteiger partial charge in [0.1, 0.15) is 6.61 Å². The third-order valence-corrected chi connectivity index (χ3v) is 5.70. The van der Waals surface area contributed by atoms with Crippen LogP contribution >= 0.6 is 11.6 Å². The van der Waals surface area contributed by atoms with E-state index in [2.05, 4.69) is 40.2 Å². The third kappa shape index (κ3) is 3.72. The first-order valence-corrected chi connectivity index (χ1v) is 10.3. The molecule has 3 aromatic carbocycles. The molecule has 1 aliphatic rings. The fourth-order valence-corrected chi connectivity index (χ4v) is 4.25. The first-order valence-electron chi connectivity index (χ1n) is 9.97. The number of phenols is 1. The minimum atomic E-state index is 0.163. The van der Waals surface area contributed by atoms with Gasteiger partial charge in [0.05, 0.1) is 5.52 Å². The zero-order chi connectivity index (χ0) is 20.5. The molecule has 0 spiro atoms. The fourth-order valence-electron chi connectivity index (χ4n) is 4.06. The molecule has 0 aliphatic carbocycles. The Morgan fingerprint density at radius 1 is 1.00 bits per heavy atom. The van der Waals surface area contributed by atoms with E-state index in [-0.39, 0.29) is 5.75 Å². The molecule has 0 fully saturated rings. The minimum Gasteiger partial charge on any atom is -0.504 e.